The summed E-state index contributed by atoms with van der Waals surface area (Å²) in [6.45, 7) is 0.260. The normalized spacial score (nSPS) is 10.1. The van der Waals surface area contributed by atoms with E-state index in [1.54, 1.807) is 36.5 Å². The van der Waals surface area contributed by atoms with Gasteiger partial charge in [0.05, 0.1) is 36.0 Å². The van der Waals surface area contributed by atoms with Crippen molar-refractivity contribution in [2.24, 2.45) is 0 Å². The van der Waals surface area contributed by atoms with Gasteiger partial charge >= 0.3 is 5.97 Å². The van der Waals surface area contributed by atoms with Gasteiger partial charge in [-0.2, -0.15) is 0 Å². The average Bonchev–Trinajstić information content (AvgIpc) is 2.77. The van der Waals surface area contributed by atoms with Crippen LogP contribution in [-0.2, 0) is 11.3 Å². The summed E-state index contributed by atoms with van der Waals surface area (Å²) in [5.41, 5.74) is 1.90. The van der Waals surface area contributed by atoms with Crippen LogP contribution < -0.4 is 10.6 Å². The minimum atomic E-state index is -0.505. The number of esters is 1. The molecule has 8 nitrogen and oxygen atoms in total. The van der Waals surface area contributed by atoms with Crippen molar-refractivity contribution >= 4 is 23.5 Å². The lowest BCUT2D eigenvalue weighted by atomic mass is 10.1. The third-order valence-electron chi connectivity index (χ3n) is 3.96. The van der Waals surface area contributed by atoms with Gasteiger partial charge in [-0.3, -0.25) is 19.6 Å². The molecule has 2 heterocycles. The number of benzene rings is 1. The molecule has 0 spiro atoms. The molecule has 146 valence electrons. The van der Waals surface area contributed by atoms with Crippen molar-refractivity contribution in [3.05, 3.63) is 89.5 Å². The molecule has 0 aliphatic rings. The molecular formula is C21H18N4O4. The number of aromatic nitrogens is 2. The number of methoxy groups -OCH3 is 1. The predicted molar refractivity (Wildman–Crippen MR) is 105 cm³/mol. The molecule has 0 unspecified atom stereocenters. The average molecular weight is 390 g/mol. The summed E-state index contributed by atoms with van der Waals surface area (Å²) < 4.78 is 4.67. The van der Waals surface area contributed by atoms with Crippen molar-refractivity contribution in [2.75, 3.05) is 12.4 Å². The van der Waals surface area contributed by atoms with E-state index in [-0.39, 0.29) is 23.6 Å². The van der Waals surface area contributed by atoms with Crippen LogP contribution in [-0.4, -0.2) is 34.9 Å². The molecule has 8 heteroatoms. The van der Waals surface area contributed by atoms with Gasteiger partial charge in [0.1, 0.15) is 0 Å². The van der Waals surface area contributed by atoms with E-state index >= 15 is 0 Å². The Morgan fingerprint density at radius 3 is 2.45 bits per heavy atom. The first kappa shape index (κ1) is 19.7. The zero-order chi connectivity index (χ0) is 20.6. The first-order valence-corrected chi connectivity index (χ1v) is 8.69. The van der Waals surface area contributed by atoms with Gasteiger partial charge in [-0.25, -0.2) is 4.79 Å². The van der Waals surface area contributed by atoms with Gasteiger partial charge in [-0.1, -0.05) is 12.1 Å². The van der Waals surface area contributed by atoms with Crippen molar-refractivity contribution in [1.29, 1.82) is 0 Å². The summed E-state index contributed by atoms with van der Waals surface area (Å²) in [5.74, 6) is -1.33. The quantitative estimate of drug-likeness (QED) is 0.626. The molecule has 0 aliphatic carbocycles. The summed E-state index contributed by atoms with van der Waals surface area (Å²) in [7, 11) is 1.28. The molecule has 3 rings (SSSR count). The van der Waals surface area contributed by atoms with Gasteiger partial charge in [0, 0.05) is 24.3 Å². The Morgan fingerprint density at radius 1 is 0.931 bits per heavy atom. The van der Waals surface area contributed by atoms with E-state index in [2.05, 4.69) is 25.3 Å². The number of carbonyl (C=O) groups excluding carboxylic acids is 3. The molecule has 1 aromatic carbocycles. The Bertz CT molecular complexity index is 1040. The number of hydrogen-bond donors (Lipinski definition) is 2. The number of carbonyl (C=O) groups is 3. The second-order valence-electron chi connectivity index (χ2n) is 5.99. The molecule has 0 bridgehead atoms. The predicted octanol–water partition coefficient (Wildman–Crippen LogP) is 2.45. The second-order valence-corrected chi connectivity index (χ2v) is 5.99. The molecule has 3 aromatic rings. The second kappa shape index (κ2) is 9.23. The van der Waals surface area contributed by atoms with E-state index in [0.717, 1.165) is 0 Å². The fourth-order valence-corrected chi connectivity index (χ4v) is 2.51. The van der Waals surface area contributed by atoms with Crippen molar-refractivity contribution in [2.45, 2.75) is 6.54 Å². The van der Waals surface area contributed by atoms with Crippen LogP contribution in [0.2, 0.25) is 0 Å². The number of anilines is 1. The number of rotatable bonds is 6. The number of ether oxygens (including phenoxy) is 1. The number of pyridine rings is 2. The molecule has 0 radical (unpaired) electrons. The maximum atomic E-state index is 12.5. The van der Waals surface area contributed by atoms with E-state index in [1.807, 2.05) is 6.07 Å². The van der Waals surface area contributed by atoms with Crippen LogP contribution in [0.4, 0.5) is 5.69 Å². The van der Waals surface area contributed by atoms with Crippen molar-refractivity contribution < 1.29 is 19.1 Å². The number of hydrogen-bond acceptors (Lipinski definition) is 6. The largest absolute Gasteiger partial charge is 0.465 e. The van der Waals surface area contributed by atoms with Crippen molar-refractivity contribution in [3.8, 4) is 0 Å². The smallest absolute Gasteiger partial charge is 0.337 e. The molecule has 0 fully saturated rings. The number of nitrogens with zero attached hydrogens (tertiary/aromatic N) is 2. The maximum absolute atomic E-state index is 12.5. The zero-order valence-electron chi connectivity index (χ0n) is 15.6. The summed E-state index contributed by atoms with van der Waals surface area (Å²) in [6, 6.07) is 13.2. The Labute approximate surface area is 167 Å². The first-order valence-electron chi connectivity index (χ1n) is 8.69. The molecule has 0 atom stereocenters. The molecule has 0 aliphatic heterocycles. The number of nitrogens with one attached hydrogen (secondary N) is 2. The Hall–Kier alpha value is -4.07. The van der Waals surface area contributed by atoms with Gasteiger partial charge in [0.2, 0.25) is 0 Å². The van der Waals surface area contributed by atoms with E-state index in [0.29, 0.717) is 16.9 Å². The maximum Gasteiger partial charge on any atom is 0.337 e. The third kappa shape index (κ3) is 5.23. The first-order chi connectivity index (χ1) is 14.1. The van der Waals surface area contributed by atoms with Crippen LogP contribution in [0.25, 0.3) is 0 Å². The van der Waals surface area contributed by atoms with Crippen LogP contribution in [0.15, 0.2) is 67.1 Å². The third-order valence-corrected chi connectivity index (χ3v) is 3.96. The highest BCUT2D eigenvalue weighted by atomic mass is 16.5. The summed E-state index contributed by atoms with van der Waals surface area (Å²) >= 11 is 0. The molecule has 0 saturated heterocycles. The van der Waals surface area contributed by atoms with Crippen LogP contribution in [0.5, 0.6) is 0 Å². The minimum Gasteiger partial charge on any atom is -0.465 e. The van der Waals surface area contributed by atoms with Crippen LogP contribution in [0.3, 0.4) is 0 Å². The highest BCUT2D eigenvalue weighted by Gasteiger charge is 2.13. The highest BCUT2D eigenvalue weighted by molar-refractivity contribution is 6.06. The molecule has 2 amide bonds. The molecular weight excluding hydrogens is 372 g/mol. The minimum absolute atomic E-state index is 0.207. The molecule has 2 aromatic heterocycles. The van der Waals surface area contributed by atoms with E-state index in [9.17, 15) is 14.4 Å². The zero-order valence-corrected chi connectivity index (χ0v) is 15.6. The van der Waals surface area contributed by atoms with Gasteiger partial charge < -0.3 is 15.4 Å². The lowest BCUT2D eigenvalue weighted by Gasteiger charge is -2.08. The van der Waals surface area contributed by atoms with Crippen molar-refractivity contribution in [3.63, 3.8) is 0 Å². The molecule has 0 saturated carbocycles. The van der Waals surface area contributed by atoms with E-state index in [4.69, 9.17) is 0 Å². The van der Waals surface area contributed by atoms with Gasteiger partial charge in [-0.05, 0) is 36.4 Å². The fraction of sp³-hybridized carbons (Fsp3) is 0.0952. The van der Waals surface area contributed by atoms with Gasteiger partial charge in [0.25, 0.3) is 11.8 Å². The summed E-state index contributed by atoms with van der Waals surface area (Å²) in [4.78, 5) is 44.6. The van der Waals surface area contributed by atoms with Gasteiger partial charge in [-0.15, -0.1) is 0 Å². The van der Waals surface area contributed by atoms with Crippen LogP contribution >= 0.6 is 0 Å². The Morgan fingerprint density at radius 2 is 1.72 bits per heavy atom. The van der Waals surface area contributed by atoms with Crippen LogP contribution in [0.1, 0.15) is 36.8 Å². The lowest BCUT2D eigenvalue weighted by molar-refractivity contribution is 0.0600. The van der Waals surface area contributed by atoms with Crippen LogP contribution in [0, 0.1) is 0 Å². The number of amides is 2. The Balaban J connectivity index is 1.67. The Kier molecular flexibility index (Phi) is 6.26. The topological polar surface area (TPSA) is 110 Å². The lowest BCUT2D eigenvalue weighted by Crippen LogP contribution is -2.24. The fourth-order valence-electron chi connectivity index (χ4n) is 2.51. The standard InChI is InChI=1S/C21H18N4O4/c1-29-21(28)14-5-4-7-17(10-14)25-20(27)16-9-15(11-22-12-16)19(26)24-13-18-6-2-3-8-23-18/h2-12H,13H2,1H3,(H,24,26)(H,25,27). The van der Waals surface area contributed by atoms with E-state index < -0.39 is 11.9 Å². The molecule has 29 heavy (non-hydrogen) atoms. The summed E-state index contributed by atoms with van der Waals surface area (Å²) in [5, 5.41) is 5.41. The highest BCUT2D eigenvalue weighted by Crippen LogP contribution is 2.13. The summed E-state index contributed by atoms with van der Waals surface area (Å²) in [6.07, 6.45) is 4.38. The van der Waals surface area contributed by atoms with Gasteiger partial charge in [0.15, 0.2) is 0 Å². The monoisotopic (exact) mass is 390 g/mol. The SMILES string of the molecule is COC(=O)c1cccc(NC(=O)c2cncc(C(=O)NCc3ccccn3)c2)c1. The van der Waals surface area contributed by atoms with Crippen molar-refractivity contribution in [1.82, 2.24) is 15.3 Å². The molecule has 2 N–H and O–H groups in total. The van der Waals surface area contributed by atoms with E-state index in [1.165, 1.54) is 31.6 Å².